The van der Waals surface area contributed by atoms with Crippen LogP contribution in [-0.2, 0) is 4.79 Å². The molecule has 3 atom stereocenters. The van der Waals surface area contributed by atoms with Crippen LogP contribution in [0.5, 0.6) is 0 Å². The molecule has 2 aliphatic rings. The fourth-order valence-corrected chi connectivity index (χ4v) is 2.92. The van der Waals surface area contributed by atoms with Crippen LogP contribution in [-0.4, -0.2) is 5.78 Å². The van der Waals surface area contributed by atoms with Gasteiger partial charge < -0.3 is 0 Å². The summed E-state index contributed by atoms with van der Waals surface area (Å²) in [6.07, 6.45) is 7.02. The van der Waals surface area contributed by atoms with E-state index < -0.39 is 0 Å². The first-order valence-corrected chi connectivity index (χ1v) is 5.27. The lowest BCUT2D eigenvalue weighted by Crippen LogP contribution is -2.30. The van der Waals surface area contributed by atoms with E-state index in [9.17, 15) is 4.79 Å². The number of fused-ring (bicyclic) bond motifs is 1. The first-order valence-electron chi connectivity index (χ1n) is 5.27. The number of Topliss-reactive ketones (excluding diaryl/α,β-unsaturated/α-hetero) is 1. The minimum Gasteiger partial charge on any atom is -0.300 e. The highest BCUT2D eigenvalue weighted by Crippen LogP contribution is 2.41. The molecule has 1 heteroatoms. The summed E-state index contributed by atoms with van der Waals surface area (Å²) in [4.78, 5) is 11.2. The summed E-state index contributed by atoms with van der Waals surface area (Å²) in [5.74, 6) is 3.10. The van der Waals surface area contributed by atoms with Crippen LogP contribution in [0.25, 0.3) is 0 Å². The van der Waals surface area contributed by atoms with Crippen molar-refractivity contribution in [3.8, 4) is 0 Å². The molecule has 0 amide bonds. The van der Waals surface area contributed by atoms with Crippen LogP contribution < -0.4 is 0 Å². The van der Waals surface area contributed by atoms with E-state index in [0.717, 1.165) is 30.6 Å². The first-order chi connectivity index (χ1) is 5.75. The molecule has 0 aliphatic heterocycles. The highest BCUT2D eigenvalue weighted by Gasteiger charge is 2.33. The average Bonchev–Trinajstić information content (AvgIpc) is 2.05. The molecule has 0 bridgehead atoms. The topological polar surface area (TPSA) is 17.1 Å². The van der Waals surface area contributed by atoms with Crippen LogP contribution in [0.1, 0.15) is 45.4 Å². The molecule has 2 fully saturated rings. The van der Waals surface area contributed by atoms with Gasteiger partial charge in [-0.25, -0.2) is 0 Å². The Morgan fingerprint density at radius 2 is 2.00 bits per heavy atom. The molecule has 0 spiro atoms. The Hall–Kier alpha value is -0.330. The van der Waals surface area contributed by atoms with Crippen molar-refractivity contribution >= 4 is 5.78 Å². The van der Waals surface area contributed by atoms with Crippen molar-refractivity contribution in [2.24, 2.45) is 17.8 Å². The molecule has 0 aromatic carbocycles. The molecule has 0 unspecified atom stereocenters. The second-order valence-corrected chi connectivity index (χ2v) is 4.72. The third-order valence-electron chi connectivity index (χ3n) is 3.69. The highest BCUT2D eigenvalue weighted by molar-refractivity contribution is 5.79. The molecular formula is C11H18O. The highest BCUT2D eigenvalue weighted by atomic mass is 16.1. The Balaban J connectivity index is 1.98. The maximum Gasteiger partial charge on any atom is 0.133 e. The van der Waals surface area contributed by atoms with E-state index in [1.165, 1.54) is 25.7 Å². The smallest absolute Gasteiger partial charge is 0.133 e. The van der Waals surface area contributed by atoms with Crippen molar-refractivity contribution < 1.29 is 4.79 Å². The third-order valence-corrected chi connectivity index (χ3v) is 3.69. The first kappa shape index (κ1) is 8.28. The van der Waals surface area contributed by atoms with Crippen molar-refractivity contribution in [2.45, 2.75) is 45.4 Å². The lowest BCUT2D eigenvalue weighted by atomic mass is 9.68. The average molecular weight is 166 g/mol. The minimum atomic E-state index is 0.519. The second-order valence-electron chi connectivity index (χ2n) is 4.72. The molecule has 2 aliphatic carbocycles. The SMILES string of the molecule is C[C@H]1CC[C@@H]2CC(=O)CC[C@@H]2C1. The van der Waals surface area contributed by atoms with E-state index in [2.05, 4.69) is 6.92 Å². The zero-order chi connectivity index (χ0) is 8.55. The van der Waals surface area contributed by atoms with Gasteiger partial charge in [0.25, 0.3) is 0 Å². The minimum absolute atomic E-state index is 0.519. The van der Waals surface area contributed by atoms with Gasteiger partial charge in [0.1, 0.15) is 5.78 Å². The summed E-state index contributed by atoms with van der Waals surface area (Å²) in [5, 5.41) is 0. The summed E-state index contributed by atoms with van der Waals surface area (Å²) < 4.78 is 0. The number of hydrogen-bond acceptors (Lipinski definition) is 1. The molecule has 0 saturated heterocycles. The molecule has 0 radical (unpaired) electrons. The van der Waals surface area contributed by atoms with Gasteiger partial charge in [-0.1, -0.05) is 13.3 Å². The van der Waals surface area contributed by atoms with Gasteiger partial charge in [0.15, 0.2) is 0 Å². The number of hydrogen-bond donors (Lipinski definition) is 0. The Morgan fingerprint density at radius 1 is 1.17 bits per heavy atom. The van der Waals surface area contributed by atoms with Crippen molar-refractivity contribution in [3.05, 3.63) is 0 Å². The number of carbonyl (C=O) groups excluding carboxylic acids is 1. The Kier molecular flexibility index (Phi) is 2.20. The second kappa shape index (κ2) is 3.20. The van der Waals surface area contributed by atoms with Crippen molar-refractivity contribution in [1.82, 2.24) is 0 Å². The third kappa shape index (κ3) is 1.55. The predicted octanol–water partition coefficient (Wildman–Crippen LogP) is 2.79. The predicted molar refractivity (Wildman–Crippen MR) is 48.9 cm³/mol. The van der Waals surface area contributed by atoms with Crippen molar-refractivity contribution in [3.63, 3.8) is 0 Å². The standard InChI is InChI=1S/C11H18O/c1-8-2-3-10-7-11(12)5-4-9(10)6-8/h8-10H,2-7H2,1H3/t8-,9+,10+/m0/s1. The Labute approximate surface area is 74.5 Å². The van der Waals surface area contributed by atoms with Crippen LogP contribution >= 0.6 is 0 Å². The summed E-state index contributed by atoms with van der Waals surface area (Å²) in [6, 6.07) is 0. The van der Waals surface area contributed by atoms with E-state index in [1.54, 1.807) is 0 Å². The van der Waals surface area contributed by atoms with Gasteiger partial charge in [-0.2, -0.15) is 0 Å². The number of rotatable bonds is 0. The molecule has 1 nitrogen and oxygen atoms in total. The summed E-state index contributed by atoms with van der Waals surface area (Å²) in [5.41, 5.74) is 0. The zero-order valence-electron chi connectivity index (χ0n) is 7.88. The summed E-state index contributed by atoms with van der Waals surface area (Å²) >= 11 is 0. The lowest BCUT2D eigenvalue weighted by Gasteiger charge is -2.37. The lowest BCUT2D eigenvalue weighted by molar-refractivity contribution is -0.123. The van der Waals surface area contributed by atoms with Gasteiger partial charge in [0.2, 0.25) is 0 Å². The maximum atomic E-state index is 11.2. The van der Waals surface area contributed by atoms with Crippen LogP contribution in [0.2, 0.25) is 0 Å². The largest absolute Gasteiger partial charge is 0.300 e. The van der Waals surface area contributed by atoms with Gasteiger partial charge in [-0.3, -0.25) is 4.79 Å². The fourth-order valence-electron chi connectivity index (χ4n) is 2.92. The molecule has 0 heterocycles. The van der Waals surface area contributed by atoms with Gasteiger partial charge in [0, 0.05) is 12.8 Å². The van der Waals surface area contributed by atoms with E-state index >= 15 is 0 Å². The molecule has 0 N–H and O–H groups in total. The molecule has 12 heavy (non-hydrogen) atoms. The summed E-state index contributed by atoms with van der Waals surface area (Å²) in [7, 11) is 0. The number of ketones is 1. The monoisotopic (exact) mass is 166 g/mol. The molecule has 2 rings (SSSR count). The van der Waals surface area contributed by atoms with E-state index in [4.69, 9.17) is 0 Å². The molecule has 68 valence electrons. The normalized spacial score (nSPS) is 42.4. The van der Waals surface area contributed by atoms with Crippen molar-refractivity contribution in [2.75, 3.05) is 0 Å². The van der Waals surface area contributed by atoms with Gasteiger partial charge in [0.05, 0.1) is 0 Å². The fraction of sp³-hybridized carbons (Fsp3) is 0.909. The van der Waals surface area contributed by atoms with E-state index in [-0.39, 0.29) is 0 Å². The van der Waals surface area contributed by atoms with Gasteiger partial charge in [-0.05, 0) is 37.0 Å². The molecule has 0 aromatic heterocycles. The maximum absolute atomic E-state index is 11.2. The van der Waals surface area contributed by atoms with Crippen molar-refractivity contribution in [1.29, 1.82) is 0 Å². The van der Waals surface area contributed by atoms with E-state index in [1.807, 2.05) is 0 Å². The van der Waals surface area contributed by atoms with E-state index in [0.29, 0.717) is 5.78 Å². The Bertz CT molecular complexity index is 185. The molecular weight excluding hydrogens is 148 g/mol. The van der Waals surface area contributed by atoms with Crippen LogP contribution in [0, 0.1) is 17.8 Å². The van der Waals surface area contributed by atoms with Crippen LogP contribution in [0.3, 0.4) is 0 Å². The van der Waals surface area contributed by atoms with Gasteiger partial charge >= 0.3 is 0 Å². The Morgan fingerprint density at radius 3 is 2.83 bits per heavy atom. The van der Waals surface area contributed by atoms with Gasteiger partial charge in [-0.15, -0.1) is 0 Å². The number of carbonyl (C=O) groups is 1. The van der Waals surface area contributed by atoms with Crippen LogP contribution in [0.4, 0.5) is 0 Å². The quantitative estimate of drug-likeness (QED) is 0.541. The molecule has 0 aromatic rings. The molecule has 2 saturated carbocycles. The zero-order valence-corrected chi connectivity index (χ0v) is 7.88. The van der Waals surface area contributed by atoms with Crippen LogP contribution in [0.15, 0.2) is 0 Å². The summed E-state index contributed by atoms with van der Waals surface area (Å²) in [6.45, 7) is 2.35.